The molecule has 0 fully saturated rings. The van der Waals surface area contributed by atoms with Gasteiger partial charge in [-0.3, -0.25) is 4.79 Å². The molecule has 1 atom stereocenters. The van der Waals surface area contributed by atoms with Crippen molar-refractivity contribution in [1.82, 2.24) is 20.0 Å². The van der Waals surface area contributed by atoms with Gasteiger partial charge < -0.3 is 20.1 Å². The number of rotatable bonds is 8. The van der Waals surface area contributed by atoms with Crippen molar-refractivity contribution in [2.45, 2.75) is 26.7 Å². The molecule has 1 aromatic heterocycles. The number of nitrogens with zero attached hydrogens (tertiary/aromatic N) is 3. The van der Waals surface area contributed by atoms with Gasteiger partial charge in [0.05, 0.1) is 6.10 Å². The SMILES string of the molecule is Cc1cc(C)cc(OCn2ccc(C(=O)NCC(O)CN(C)C)n2)c1. The van der Waals surface area contributed by atoms with Crippen LogP contribution in [-0.2, 0) is 6.73 Å². The molecule has 2 rings (SSSR count). The number of benzene rings is 1. The summed E-state index contributed by atoms with van der Waals surface area (Å²) in [6, 6.07) is 7.61. The number of ether oxygens (including phenoxy) is 1. The quantitative estimate of drug-likeness (QED) is 0.751. The Morgan fingerprint density at radius 1 is 1.32 bits per heavy atom. The van der Waals surface area contributed by atoms with E-state index in [0.29, 0.717) is 12.2 Å². The van der Waals surface area contributed by atoms with Crippen LogP contribution in [0, 0.1) is 13.8 Å². The van der Waals surface area contributed by atoms with E-state index in [4.69, 9.17) is 4.74 Å². The zero-order valence-corrected chi connectivity index (χ0v) is 15.2. The lowest BCUT2D eigenvalue weighted by Crippen LogP contribution is -2.37. The maximum Gasteiger partial charge on any atom is 0.271 e. The molecule has 0 aliphatic carbocycles. The summed E-state index contributed by atoms with van der Waals surface area (Å²) in [5.41, 5.74) is 2.56. The van der Waals surface area contributed by atoms with E-state index in [-0.39, 0.29) is 19.2 Å². The van der Waals surface area contributed by atoms with E-state index in [1.807, 2.05) is 45.0 Å². The van der Waals surface area contributed by atoms with Gasteiger partial charge in [-0.2, -0.15) is 5.10 Å². The molecule has 2 N–H and O–H groups in total. The lowest BCUT2D eigenvalue weighted by molar-refractivity contribution is 0.0885. The van der Waals surface area contributed by atoms with Gasteiger partial charge in [0.2, 0.25) is 0 Å². The highest BCUT2D eigenvalue weighted by atomic mass is 16.5. The Hall–Kier alpha value is -2.38. The van der Waals surface area contributed by atoms with Crippen LogP contribution in [0.25, 0.3) is 0 Å². The van der Waals surface area contributed by atoms with Crippen LogP contribution in [-0.4, -0.2) is 59.0 Å². The summed E-state index contributed by atoms with van der Waals surface area (Å²) in [6.07, 6.45) is 1.07. The summed E-state index contributed by atoms with van der Waals surface area (Å²) in [6.45, 7) is 4.92. The second-order valence-electron chi connectivity index (χ2n) is 6.46. The van der Waals surface area contributed by atoms with E-state index >= 15 is 0 Å². The number of carbonyl (C=O) groups is 1. The number of aromatic nitrogens is 2. The van der Waals surface area contributed by atoms with Crippen LogP contribution >= 0.6 is 0 Å². The minimum absolute atomic E-state index is 0.183. The zero-order chi connectivity index (χ0) is 18.4. The molecule has 1 amide bonds. The van der Waals surface area contributed by atoms with Gasteiger partial charge in [0.15, 0.2) is 6.73 Å². The Labute approximate surface area is 148 Å². The number of nitrogens with one attached hydrogen (secondary N) is 1. The Kier molecular flexibility index (Phi) is 6.55. The normalized spacial score (nSPS) is 12.2. The van der Waals surface area contributed by atoms with Crippen molar-refractivity contribution in [1.29, 1.82) is 0 Å². The number of likely N-dealkylation sites (N-methyl/N-ethyl adjacent to an activating group) is 1. The first-order valence-corrected chi connectivity index (χ1v) is 8.19. The van der Waals surface area contributed by atoms with Gasteiger partial charge in [0, 0.05) is 19.3 Å². The van der Waals surface area contributed by atoms with Crippen molar-refractivity contribution in [3.05, 3.63) is 47.3 Å². The first-order chi connectivity index (χ1) is 11.8. The molecule has 1 heterocycles. The molecule has 0 spiro atoms. The molecule has 1 unspecified atom stereocenters. The predicted molar refractivity (Wildman–Crippen MR) is 95.7 cm³/mol. The van der Waals surface area contributed by atoms with Gasteiger partial charge in [0.25, 0.3) is 5.91 Å². The van der Waals surface area contributed by atoms with Crippen molar-refractivity contribution < 1.29 is 14.6 Å². The van der Waals surface area contributed by atoms with Gasteiger partial charge in [-0.1, -0.05) is 6.07 Å². The number of amides is 1. The molecule has 0 bridgehead atoms. The lowest BCUT2D eigenvalue weighted by Gasteiger charge is -2.15. The Morgan fingerprint density at radius 3 is 2.64 bits per heavy atom. The van der Waals surface area contributed by atoms with Gasteiger partial charge in [-0.25, -0.2) is 4.68 Å². The first kappa shape index (κ1) is 19.0. The molecule has 0 saturated carbocycles. The third-order valence-electron chi connectivity index (χ3n) is 3.51. The Balaban J connectivity index is 1.85. The van der Waals surface area contributed by atoms with E-state index in [1.54, 1.807) is 16.9 Å². The fourth-order valence-electron chi connectivity index (χ4n) is 2.50. The van der Waals surface area contributed by atoms with Crippen LogP contribution in [0.15, 0.2) is 30.5 Å². The number of carbonyl (C=O) groups excluding carboxylic acids is 1. The molecule has 136 valence electrons. The summed E-state index contributed by atoms with van der Waals surface area (Å²) in [5, 5.41) is 16.6. The molecule has 7 nitrogen and oxygen atoms in total. The van der Waals surface area contributed by atoms with Crippen LogP contribution in [0.2, 0.25) is 0 Å². The zero-order valence-electron chi connectivity index (χ0n) is 15.2. The Bertz CT molecular complexity index is 692. The molecule has 0 radical (unpaired) electrons. The molecule has 1 aromatic carbocycles. The number of aliphatic hydroxyl groups is 1. The van der Waals surface area contributed by atoms with Gasteiger partial charge in [0.1, 0.15) is 11.4 Å². The van der Waals surface area contributed by atoms with Crippen LogP contribution in [0.1, 0.15) is 21.6 Å². The summed E-state index contributed by atoms with van der Waals surface area (Å²) in [7, 11) is 3.73. The predicted octanol–water partition coefficient (Wildman–Crippen LogP) is 1.19. The molecule has 0 aliphatic heterocycles. The van der Waals surface area contributed by atoms with Crippen LogP contribution in [0.3, 0.4) is 0 Å². The second-order valence-corrected chi connectivity index (χ2v) is 6.46. The Morgan fingerprint density at radius 2 is 2.00 bits per heavy atom. The minimum Gasteiger partial charge on any atom is -0.471 e. The highest BCUT2D eigenvalue weighted by Gasteiger charge is 2.12. The number of hydrogen-bond acceptors (Lipinski definition) is 5. The monoisotopic (exact) mass is 346 g/mol. The van der Waals surface area contributed by atoms with Crippen LogP contribution < -0.4 is 10.1 Å². The molecule has 0 saturated heterocycles. The van der Waals surface area contributed by atoms with Crippen molar-refractivity contribution >= 4 is 5.91 Å². The van der Waals surface area contributed by atoms with Crippen molar-refractivity contribution in [3.8, 4) is 5.75 Å². The molecule has 2 aromatic rings. The maximum atomic E-state index is 12.1. The lowest BCUT2D eigenvalue weighted by atomic mass is 10.1. The van der Waals surface area contributed by atoms with Crippen LogP contribution in [0.4, 0.5) is 0 Å². The largest absolute Gasteiger partial charge is 0.471 e. The van der Waals surface area contributed by atoms with E-state index in [0.717, 1.165) is 16.9 Å². The fourth-order valence-corrected chi connectivity index (χ4v) is 2.50. The second kappa shape index (κ2) is 8.64. The van der Waals surface area contributed by atoms with Crippen molar-refractivity contribution in [2.75, 3.05) is 27.2 Å². The average molecular weight is 346 g/mol. The smallest absolute Gasteiger partial charge is 0.271 e. The molecule has 0 aliphatic rings. The van der Waals surface area contributed by atoms with E-state index in [1.165, 1.54) is 0 Å². The topological polar surface area (TPSA) is 79.6 Å². The summed E-state index contributed by atoms with van der Waals surface area (Å²) in [5.74, 6) is 0.453. The minimum atomic E-state index is -0.617. The van der Waals surface area contributed by atoms with Crippen molar-refractivity contribution in [3.63, 3.8) is 0 Å². The molecule has 7 heteroatoms. The molecule has 25 heavy (non-hydrogen) atoms. The van der Waals surface area contributed by atoms with Gasteiger partial charge in [-0.15, -0.1) is 0 Å². The van der Waals surface area contributed by atoms with Crippen LogP contribution in [0.5, 0.6) is 5.75 Å². The number of hydrogen-bond donors (Lipinski definition) is 2. The maximum absolute atomic E-state index is 12.1. The van der Waals surface area contributed by atoms with E-state index < -0.39 is 6.10 Å². The highest BCUT2D eigenvalue weighted by molar-refractivity contribution is 5.92. The summed E-state index contributed by atoms with van der Waals surface area (Å²) < 4.78 is 7.27. The van der Waals surface area contributed by atoms with Crippen molar-refractivity contribution in [2.24, 2.45) is 0 Å². The third kappa shape index (κ3) is 6.21. The molecular formula is C18H26N4O3. The third-order valence-corrected chi connectivity index (χ3v) is 3.51. The van der Waals surface area contributed by atoms with Gasteiger partial charge in [-0.05, 0) is 57.3 Å². The summed E-state index contributed by atoms with van der Waals surface area (Å²) in [4.78, 5) is 13.9. The van der Waals surface area contributed by atoms with Gasteiger partial charge >= 0.3 is 0 Å². The standard InChI is InChI=1S/C18H26N4O3/c1-13-7-14(2)9-16(8-13)25-12-22-6-5-17(20-22)18(24)19-10-15(23)11-21(3)4/h5-9,15,23H,10-12H2,1-4H3,(H,19,24). The highest BCUT2D eigenvalue weighted by Crippen LogP contribution is 2.16. The average Bonchev–Trinajstić information content (AvgIpc) is 2.98. The van der Waals surface area contributed by atoms with E-state index in [2.05, 4.69) is 16.5 Å². The first-order valence-electron chi connectivity index (χ1n) is 8.19. The molecular weight excluding hydrogens is 320 g/mol. The fraction of sp³-hybridized carbons (Fsp3) is 0.444. The number of aryl methyl sites for hydroxylation is 2. The number of aliphatic hydroxyl groups excluding tert-OH is 1. The van der Waals surface area contributed by atoms with E-state index in [9.17, 15) is 9.90 Å². The summed E-state index contributed by atoms with van der Waals surface area (Å²) >= 11 is 0.